The van der Waals surface area contributed by atoms with E-state index in [0.29, 0.717) is 5.92 Å². The molecule has 1 aliphatic heterocycles. The topological polar surface area (TPSA) is 28.3 Å². The molecule has 4 heteroatoms. The molecule has 168 valence electrons. The molecule has 0 amide bonds. The Labute approximate surface area is 200 Å². The van der Waals surface area contributed by atoms with E-state index in [1.807, 2.05) is 6.07 Å². The van der Waals surface area contributed by atoms with E-state index < -0.39 is 0 Å². The van der Waals surface area contributed by atoms with Crippen LogP contribution in [0.15, 0.2) is 72.8 Å². The number of piperidine rings is 1. The first kappa shape index (κ1) is 20.8. The molecule has 1 fully saturated rings. The quantitative estimate of drug-likeness (QED) is 0.385. The standard InChI is InChI=1S/C29H29ClN2O/c1-33-24-9-5-8-21(14-24)29-12-13-32(18-20-6-3-2-4-7-20)19-22(29)15-25-26-16-23(30)10-11-27(26)31-28(25)17-29/h2-11,14,16,22,31H,12-13,15,17-19H2,1H3. The van der Waals surface area contributed by atoms with E-state index in [1.54, 1.807) is 7.11 Å². The average Bonchev–Trinajstić information content (AvgIpc) is 3.19. The highest BCUT2D eigenvalue weighted by molar-refractivity contribution is 6.31. The largest absolute Gasteiger partial charge is 0.497 e. The van der Waals surface area contributed by atoms with Gasteiger partial charge in [0.05, 0.1) is 7.11 Å². The molecule has 0 bridgehead atoms. The van der Waals surface area contributed by atoms with Gasteiger partial charge in [0.25, 0.3) is 0 Å². The number of aromatic amines is 1. The number of aromatic nitrogens is 1. The van der Waals surface area contributed by atoms with Crippen LogP contribution in [0.25, 0.3) is 10.9 Å². The Kier molecular flexibility index (Phi) is 5.20. The molecule has 33 heavy (non-hydrogen) atoms. The Morgan fingerprint density at radius 1 is 1.06 bits per heavy atom. The molecule has 1 aliphatic carbocycles. The second-order valence-corrected chi connectivity index (χ2v) is 10.1. The van der Waals surface area contributed by atoms with Crippen molar-refractivity contribution in [2.75, 3.05) is 20.2 Å². The Bertz CT molecular complexity index is 1300. The van der Waals surface area contributed by atoms with Gasteiger partial charge in [-0.05, 0) is 78.7 Å². The number of rotatable bonds is 4. The van der Waals surface area contributed by atoms with E-state index in [9.17, 15) is 0 Å². The Balaban J connectivity index is 1.41. The number of H-pyrrole nitrogens is 1. The zero-order valence-corrected chi connectivity index (χ0v) is 19.7. The van der Waals surface area contributed by atoms with Gasteiger partial charge in [-0.15, -0.1) is 0 Å². The van der Waals surface area contributed by atoms with Gasteiger partial charge >= 0.3 is 0 Å². The summed E-state index contributed by atoms with van der Waals surface area (Å²) in [6.45, 7) is 3.21. The number of likely N-dealkylation sites (tertiary alicyclic amines) is 1. The minimum atomic E-state index is 0.111. The van der Waals surface area contributed by atoms with E-state index in [0.717, 1.165) is 49.7 Å². The van der Waals surface area contributed by atoms with Gasteiger partial charge in [0, 0.05) is 40.1 Å². The third-order valence-electron chi connectivity index (χ3n) is 7.93. The summed E-state index contributed by atoms with van der Waals surface area (Å²) in [7, 11) is 1.76. The molecular formula is C29H29ClN2O. The zero-order chi connectivity index (χ0) is 22.4. The average molecular weight is 457 g/mol. The van der Waals surface area contributed by atoms with Crippen molar-refractivity contribution in [3.05, 3.63) is 100 Å². The van der Waals surface area contributed by atoms with Crippen molar-refractivity contribution in [2.24, 2.45) is 5.92 Å². The van der Waals surface area contributed by atoms with E-state index in [4.69, 9.17) is 16.3 Å². The van der Waals surface area contributed by atoms with Crippen molar-refractivity contribution in [3.8, 4) is 5.75 Å². The lowest BCUT2D eigenvalue weighted by Gasteiger charge is -2.51. The lowest BCUT2D eigenvalue weighted by atomic mass is 9.58. The smallest absolute Gasteiger partial charge is 0.119 e. The maximum atomic E-state index is 6.39. The number of fused-ring (bicyclic) bond motifs is 4. The van der Waals surface area contributed by atoms with Crippen molar-refractivity contribution in [1.82, 2.24) is 9.88 Å². The number of halogens is 1. The number of hydrogen-bond donors (Lipinski definition) is 1. The number of methoxy groups -OCH3 is 1. The van der Waals surface area contributed by atoms with Gasteiger partial charge < -0.3 is 9.72 Å². The van der Waals surface area contributed by atoms with Crippen LogP contribution in [0.2, 0.25) is 5.02 Å². The number of hydrogen-bond acceptors (Lipinski definition) is 2. The number of benzene rings is 3. The van der Waals surface area contributed by atoms with Gasteiger partial charge in [-0.1, -0.05) is 54.1 Å². The summed E-state index contributed by atoms with van der Waals surface area (Å²) in [6, 6.07) is 25.9. The molecule has 0 radical (unpaired) electrons. The molecule has 1 N–H and O–H groups in total. The normalized spacial score (nSPS) is 22.7. The van der Waals surface area contributed by atoms with Crippen molar-refractivity contribution in [1.29, 1.82) is 0 Å². The van der Waals surface area contributed by atoms with Crippen molar-refractivity contribution >= 4 is 22.5 Å². The van der Waals surface area contributed by atoms with E-state index in [1.165, 1.54) is 33.3 Å². The minimum Gasteiger partial charge on any atom is -0.497 e. The summed E-state index contributed by atoms with van der Waals surface area (Å²) in [5.41, 5.74) is 6.94. The molecule has 3 nitrogen and oxygen atoms in total. The van der Waals surface area contributed by atoms with Crippen LogP contribution in [0.3, 0.4) is 0 Å². The molecule has 2 aliphatic rings. The summed E-state index contributed by atoms with van der Waals surface area (Å²) < 4.78 is 5.62. The van der Waals surface area contributed by atoms with Gasteiger partial charge in [0.2, 0.25) is 0 Å². The van der Waals surface area contributed by atoms with Crippen LogP contribution in [0.4, 0.5) is 0 Å². The number of nitrogens with one attached hydrogen (secondary N) is 1. The van der Waals surface area contributed by atoms with Crippen LogP contribution < -0.4 is 4.74 Å². The number of ether oxygens (including phenoxy) is 1. The fourth-order valence-corrected chi connectivity index (χ4v) is 6.43. The first-order valence-corrected chi connectivity index (χ1v) is 12.2. The third-order valence-corrected chi connectivity index (χ3v) is 8.16. The fraction of sp³-hybridized carbons (Fsp3) is 0.310. The van der Waals surface area contributed by atoms with Gasteiger partial charge in [-0.2, -0.15) is 0 Å². The lowest BCUT2D eigenvalue weighted by molar-refractivity contribution is 0.0765. The summed E-state index contributed by atoms with van der Waals surface area (Å²) in [6.07, 6.45) is 3.25. The molecule has 2 atom stereocenters. The Morgan fingerprint density at radius 2 is 1.94 bits per heavy atom. The number of nitrogens with zero attached hydrogens (tertiary/aromatic N) is 1. The SMILES string of the molecule is COc1cccc(C23CCN(Cc4ccccc4)CC2Cc2c([nH]c4ccc(Cl)cc24)C3)c1. The summed E-state index contributed by atoms with van der Waals surface area (Å²) >= 11 is 6.39. The van der Waals surface area contributed by atoms with Crippen LogP contribution in [-0.2, 0) is 24.8 Å². The third kappa shape index (κ3) is 3.64. The Morgan fingerprint density at radius 3 is 2.79 bits per heavy atom. The molecule has 2 unspecified atom stereocenters. The maximum absolute atomic E-state index is 6.39. The second kappa shape index (κ2) is 8.23. The highest BCUT2D eigenvalue weighted by Crippen LogP contribution is 2.49. The molecule has 2 heterocycles. The van der Waals surface area contributed by atoms with Crippen molar-refractivity contribution in [3.63, 3.8) is 0 Å². The van der Waals surface area contributed by atoms with Crippen LogP contribution in [0.5, 0.6) is 5.75 Å². The highest BCUT2D eigenvalue weighted by atomic mass is 35.5. The zero-order valence-electron chi connectivity index (χ0n) is 19.0. The molecule has 3 aromatic carbocycles. The van der Waals surface area contributed by atoms with Crippen LogP contribution in [-0.4, -0.2) is 30.1 Å². The predicted molar refractivity (Wildman–Crippen MR) is 135 cm³/mol. The summed E-state index contributed by atoms with van der Waals surface area (Å²) in [4.78, 5) is 6.39. The fourth-order valence-electron chi connectivity index (χ4n) is 6.25. The lowest BCUT2D eigenvalue weighted by Crippen LogP contribution is -2.53. The summed E-state index contributed by atoms with van der Waals surface area (Å²) in [5.74, 6) is 1.48. The molecule has 4 aromatic rings. The van der Waals surface area contributed by atoms with Crippen molar-refractivity contribution in [2.45, 2.75) is 31.2 Å². The Hall–Kier alpha value is -2.75. The molecule has 0 saturated carbocycles. The van der Waals surface area contributed by atoms with Gasteiger partial charge in [-0.3, -0.25) is 4.90 Å². The van der Waals surface area contributed by atoms with E-state index >= 15 is 0 Å². The second-order valence-electron chi connectivity index (χ2n) is 9.71. The molecule has 0 spiro atoms. The summed E-state index contributed by atoms with van der Waals surface area (Å²) in [5, 5.41) is 2.10. The van der Waals surface area contributed by atoms with Gasteiger partial charge in [0.15, 0.2) is 0 Å². The molecular weight excluding hydrogens is 428 g/mol. The van der Waals surface area contributed by atoms with Crippen LogP contribution in [0.1, 0.15) is 28.8 Å². The molecule has 6 rings (SSSR count). The molecule has 1 saturated heterocycles. The van der Waals surface area contributed by atoms with Crippen molar-refractivity contribution < 1.29 is 4.74 Å². The first-order valence-electron chi connectivity index (χ1n) is 11.8. The predicted octanol–water partition coefficient (Wildman–Crippen LogP) is 6.39. The first-order chi connectivity index (χ1) is 16.1. The van der Waals surface area contributed by atoms with Crippen LogP contribution >= 0.6 is 11.6 Å². The maximum Gasteiger partial charge on any atom is 0.119 e. The molecule has 1 aromatic heterocycles. The van der Waals surface area contributed by atoms with Gasteiger partial charge in [0.1, 0.15) is 5.75 Å². The van der Waals surface area contributed by atoms with E-state index in [-0.39, 0.29) is 5.41 Å². The van der Waals surface area contributed by atoms with Gasteiger partial charge in [-0.25, -0.2) is 0 Å². The monoisotopic (exact) mass is 456 g/mol. The van der Waals surface area contributed by atoms with E-state index in [2.05, 4.69) is 76.6 Å². The van der Waals surface area contributed by atoms with Crippen LogP contribution in [0, 0.1) is 5.92 Å². The highest BCUT2D eigenvalue weighted by Gasteiger charge is 2.48. The minimum absolute atomic E-state index is 0.111.